The van der Waals surface area contributed by atoms with E-state index >= 15 is 0 Å². The molecular weight excluding hydrogens is 211 g/mol. The summed E-state index contributed by atoms with van der Waals surface area (Å²) >= 11 is 0. The zero-order chi connectivity index (χ0) is 10.1. The molecule has 0 spiro atoms. The second kappa shape index (κ2) is 5.36. The molecule has 1 rings (SSSR count). The Bertz CT molecular complexity index is 252. The first-order valence-electron chi connectivity index (χ1n) is 4.23. The fourth-order valence-corrected chi connectivity index (χ4v) is 1.47. The molecule has 0 radical (unpaired) electrons. The number of nitrogens with one attached hydrogen (secondary N) is 2. The molecular formula is C8H13KN2O3. The molecule has 0 unspecified atom stereocenters. The maximum atomic E-state index is 11.4. The van der Waals surface area contributed by atoms with Crippen molar-refractivity contribution in [1.29, 1.82) is 0 Å². The molecule has 1 fully saturated rings. The molecule has 1 heterocycles. The van der Waals surface area contributed by atoms with Crippen molar-refractivity contribution < 1.29 is 14.4 Å². The molecule has 74 valence electrons. The number of amides is 4. The molecule has 1 aliphatic heterocycles. The van der Waals surface area contributed by atoms with Crippen LogP contribution in [0.25, 0.3) is 0 Å². The minimum atomic E-state index is -1.06. The molecule has 0 atom stereocenters. The van der Waals surface area contributed by atoms with Crippen LogP contribution in [0.5, 0.6) is 0 Å². The van der Waals surface area contributed by atoms with Crippen LogP contribution in [-0.2, 0) is 9.59 Å². The van der Waals surface area contributed by atoms with Gasteiger partial charge in [0.2, 0.25) is 11.8 Å². The van der Waals surface area contributed by atoms with Gasteiger partial charge in [0, 0.05) is 0 Å². The number of barbiturate groups is 1. The van der Waals surface area contributed by atoms with Crippen molar-refractivity contribution >= 4 is 69.2 Å². The second-order valence-electron chi connectivity index (χ2n) is 3.03. The Kier molecular flexibility index (Phi) is 5.46. The predicted octanol–water partition coefficient (Wildman–Crippen LogP) is -0.490. The Morgan fingerprint density at radius 2 is 1.36 bits per heavy atom. The maximum absolute atomic E-state index is 11.4. The van der Waals surface area contributed by atoms with E-state index in [0.717, 1.165) is 0 Å². The third-order valence-electron chi connectivity index (χ3n) is 2.53. The van der Waals surface area contributed by atoms with Crippen LogP contribution in [0.2, 0.25) is 0 Å². The van der Waals surface area contributed by atoms with E-state index in [1.165, 1.54) is 0 Å². The van der Waals surface area contributed by atoms with Crippen LogP contribution in [0.3, 0.4) is 0 Å². The molecule has 6 heteroatoms. The standard InChI is InChI=1S/C8H12N2O3.K.H/c1-3-8(4-2)5(11)9-7(13)10-6(8)12;;/h3-4H2,1-2H3,(H2,9,10,11,12,13);;. The van der Waals surface area contributed by atoms with Gasteiger partial charge < -0.3 is 0 Å². The molecule has 2 N–H and O–H groups in total. The fourth-order valence-electron chi connectivity index (χ4n) is 1.47. The number of imide groups is 2. The van der Waals surface area contributed by atoms with Gasteiger partial charge in [0.15, 0.2) is 0 Å². The van der Waals surface area contributed by atoms with Crippen molar-refractivity contribution in [2.45, 2.75) is 26.7 Å². The van der Waals surface area contributed by atoms with Crippen molar-refractivity contribution in [2.24, 2.45) is 5.41 Å². The van der Waals surface area contributed by atoms with E-state index in [-0.39, 0.29) is 51.4 Å². The molecule has 1 saturated heterocycles. The summed E-state index contributed by atoms with van der Waals surface area (Å²) in [4.78, 5) is 33.6. The van der Waals surface area contributed by atoms with Crippen LogP contribution in [-0.4, -0.2) is 69.2 Å². The van der Waals surface area contributed by atoms with Crippen LogP contribution in [0.4, 0.5) is 4.79 Å². The third kappa shape index (κ3) is 2.25. The van der Waals surface area contributed by atoms with Crippen molar-refractivity contribution in [2.75, 3.05) is 0 Å². The topological polar surface area (TPSA) is 75.3 Å². The Morgan fingerprint density at radius 3 is 1.64 bits per heavy atom. The van der Waals surface area contributed by atoms with Gasteiger partial charge in [-0.2, -0.15) is 0 Å². The van der Waals surface area contributed by atoms with Gasteiger partial charge in [0.1, 0.15) is 5.41 Å². The number of rotatable bonds is 2. The van der Waals surface area contributed by atoms with E-state index < -0.39 is 23.3 Å². The molecule has 0 aromatic heterocycles. The summed E-state index contributed by atoms with van der Waals surface area (Å²) < 4.78 is 0. The quantitative estimate of drug-likeness (QED) is 0.491. The van der Waals surface area contributed by atoms with Crippen LogP contribution in [0.1, 0.15) is 26.7 Å². The summed E-state index contributed by atoms with van der Waals surface area (Å²) in [5.41, 5.74) is -1.06. The first kappa shape index (κ1) is 14.2. The zero-order valence-electron chi connectivity index (χ0n) is 7.64. The molecule has 0 aromatic rings. The van der Waals surface area contributed by atoms with E-state index in [2.05, 4.69) is 10.6 Å². The Hall–Kier alpha value is 0.246. The van der Waals surface area contributed by atoms with Gasteiger partial charge in [0.25, 0.3) is 0 Å². The monoisotopic (exact) mass is 224 g/mol. The molecule has 0 aromatic carbocycles. The Morgan fingerprint density at radius 1 is 1.00 bits per heavy atom. The van der Waals surface area contributed by atoms with E-state index in [1.807, 2.05) is 0 Å². The zero-order valence-corrected chi connectivity index (χ0v) is 7.64. The predicted molar refractivity (Wildman–Crippen MR) is 51.8 cm³/mol. The van der Waals surface area contributed by atoms with Crippen LogP contribution < -0.4 is 10.6 Å². The SMILES string of the molecule is CCC1(CC)C(=O)NC(=O)NC1=O.[KH]. The number of carbonyl (C=O) groups is 3. The fraction of sp³-hybridized carbons (Fsp3) is 0.625. The van der Waals surface area contributed by atoms with Crippen LogP contribution in [0, 0.1) is 5.41 Å². The summed E-state index contributed by atoms with van der Waals surface area (Å²) in [6.07, 6.45) is 0.795. The van der Waals surface area contributed by atoms with E-state index in [0.29, 0.717) is 12.8 Å². The third-order valence-corrected chi connectivity index (χ3v) is 2.53. The van der Waals surface area contributed by atoms with Crippen LogP contribution in [0.15, 0.2) is 0 Å². The van der Waals surface area contributed by atoms with Crippen LogP contribution >= 0.6 is 0 Å². The van der Waals surface area contributed by atoms with Gasteiger partial charge in [-0.15, -0.1) is 0 Å². The van der Waals surface area contributed by atoms with Gasteiger partial charge in [-0.05, 0) is 12.8 Å². The molecule has 14 heavy (non-hydrogen) atoms. The number of urea groups is 1. The van der Waals surface area contributed by atoms with Crippen molar-refractivity contribution in [3.8, 4) is 0 Å². The van der Waals surface area contributed by atoms with Crippen molar-refractivity contribution in [3.63, 3.8) is 0 Å². The van der Waals surface area contributed by atoms with Gasteiger partial charge in [-0.1, -0.05) is 13.8 Å². The molecule has 0 bridgehead atoms. The first-order chi connectivity index (χ1) is 6.06. The normalized spacial score (nSPS) is 19.4. The summed E-state index contributed by atoms with van der Waals surface area (Å²) in [5, 5.41) is 4.19. The number of hydrogen-bond donors (Lipinski definition) is 2. The van der Waals surface area contributed by atoms with Gasteiger partial charge in [-0.25, -0.2) is 4.79 Å². The first-order valence-corrected chi connectivity index (χ1v) is 4.23. The average Bonchev–Trinajstić information content (AvgIpc) is 2.05. The molecule has 0 saturated carbocycles. The number of hydrogen-bond acceptors (Lipinski definition) is 3. The number of carbonyl (C=O) groups excluding carboxylic acids is 3. The van der Waals surface area contributed by atoms with Gasteiger partial charge in [0.05, 0.1) is 0 Å². The van der Waals surface area contributed by atoms with E-state index in [4.69, 9.17) is 0 Å². The van der Waals surface area contributed by atoms with Crippen molar-refractivity contribution in [1.82, 2.24) is 10.6 Å². The Balaban J connectivity index is 0.00000169. The minimum absolute atomic E-state index is 0. The Labute approximate surface area is 125 Å². The summed E-state index contributed by atoms with van der Waals surface area (Å²) in [6, 6.07) is -0.729. The average molecular weight is 224 g/mol. The second-order valence-corrected chi connectivity index (χ2v) is 3.03. The molecule has 0 aliphatic carbocycles. The molecule has 5 nitrogen and oxygen atoms in total. The summed E-state index contributed by atoms with van der Waals surface area (Å²) in [6.45, 7) is 3.50. The van der Waals surface area contributed by atoms with Gasteiger partial charge in [-0.3, -0.25) is 20.2 Å². The molecule has 1 aliphatic rings. The van der Waals surface area contributed by atoms with E-state index in [1.54, 1.807) is 13.8 Å². The van der Waals surface area contributed by atoms with E-state index in [9.17, 15) is 14.4 Å². The van der Waals surface area contributed by atoms with Crippen molar-refractivity contribution in [3.05, 3.63) is 0 Å². The molecule has 4 amide bonds. The van der Waals surface area contributed by atoms with Gasteiger partial charge >= 0.3 is 57.4 Å². The summed E-state index contributed by atoms with van der Waals surface area (Å²) in [7, 11) is 0. The summed E-state index contributed by atoms with van der Waals surface area (Å²) in [5.74, 6) is -0.988.